The van der Waals surface area contributed by atoms with E-state index in [1.807, 2.05) is 41.5 Å². The van der Waals surface area contributed by atoms with Crippen LogP contribution in [0.3, 0.4) is 0 Å². The molecule has 1 saturated carbocycles. The number of aromatic nitrogens is 3. The summed E-state index contributed by atoms with van der Waals surface area (Å²) in [7, 11) is 3.22. The number of hydrogen-bond acceptors (Lipinski definition) is 7. The lowest BCUT2D eigenvalue weighted by atomic mass is 10.2. The van der Waals surface area contributed by atoms with Crippen molar-refractivity contribution in [2.45, 2.75) is 37.5 Å². The molecule has 1 aromatic carbocycles. The SMILES string of the molecule is CCN(Cc1ccc(OC)c(OC)c1)C(=O)CSc1nnc(-c2cccs2)n1C1CC1. The summed E-state index contributed by atoms with van der Waals surface area (Å²) in [6, 6.07) is 10.3. The molecule has 0 bridgehead atoms. The van der Waals surface area contributed by atoms with Gasteiger partial charge in [-0.25, -0.2) is 0 Å². The molecule has 2 aromatic heterocycles. The van der Waals surface area contributed by atoms with Crippen molar-refractivity contribution in [2.24, 2.45) is 0 Å². The Bertz CT molecular complexity index is 1030. The van der Waals surface area contributed by atoms with E-state index in [1.54, 1.807) is 25.6 Å². The third-order valence-corrected chi connectivity index (χ3v) is 6.99. The summed E-state index contributed by atoms with van der Waals surface area (Å²) < 4.78 is 12.9. The van der Waals surface area contributed by atoms with Gasteiger partial charge in [-0.15, -0.1) is 21.5 Å². The van der Waals surface area contributed by atoms with Crippen molar-refractivity contribution >= 4 is 29.0 Å². The zero-order chi connectivity index (χ0) is 21.8. The second-order valence-electron chi connectivity index (χ2n) is 7.27. The van der Waals surface area contributed by atoms with Gasteiger partial charge in [0.15, 0.2) is 22.5 Å². The molecule has 2 heterocycles. The van der Waals surface area contributed by atoms with Crippen molar-refractivity contribution in [1.29, 1.82) is 0 Å². The van der Waals surface area contributed by atoms with E-state index in [2.05, 4.69) is 20.8 Å². The van der Waals surface area contributed by atoms with E-state index < -0.39 is 0 Å². The van der Waals surface area contributed by atoms with Crippen molar-refractivity contribution in [3.05, 3.63) is 41.3 Å². The predicted molar refractivity (Wildman–Crippen MR) is 123 cm³/mol. The Labute approximate surface area is 190 Å². The zero-order valence-electron chi connectivity index (χ0n) is 17.9. The van der Waals surface area contributed by atoms with E-state index >= 15 is 0 Å². The van der Waals surface area contributed by atoms with Crippen LogP contribution < -0.4 is 9.47 Å². The van der Waals surface area contributed by atoms with E-state index in [1.165, 1.54) is 11.8 Å². The van der Waals surface area contributed by atoms with Gasteiger partial charge in [0.1, 0.15) is 0 Å². The van der Waals surface area contributed by atoms with E-state index in [0.29, 0.717) is 36.4 Å². The molecule has 0 N–H and O–H groups in total. The second-order valence-corrected chi connectivity index (χ2v) is 9.16. The molecule has 7 nitrogen and oxygen atoms in total. The van der Waals surface area contributed by atoms with E-state index in [-0.39, 0.29) is 5.91 Å². The van der Waals surface area contributed by atoms with Crippen LogP contribution in [-0.2, 0) is 11.3 Å². The average molecular weight is 459 g/mol. The zero-order valence-corrected chi connectivity index (χ0v) is 19.5. The molecule has 0 radical (unpaired) electrons. The molecule has 1 fully saturated rings. The largest absolute Gasteiger partial charge is 0.493 e. The maximum atomic E-state index is 13.0. The fourth-order valence-corrected chi connectivity index (χ4v) is 5.02. The number of ether oxygens (including phenoxy) is 2. The topological polar surface area (TPSA) is 69.5 Å². The number of thioether (sulfide) groups is 1. The van der Waals surface area contributed by atoms with Gasteiger partial charge in [-0.1, -0.05) is 23.9 Å². The number of thiophene rings is 1. The molecule has 0 unspecified atom stereocenters. The average Bonchev–Trinajstić information content (AvgIpc) is 3.31. The summed E-state index contributed by atoms with van der Waals surface area (Å²) in [5.41, 5.74) is 0.999. The van der Waals surface area contributed by atoms with Crippen LogP contribution in [0.5, 0.6) is 11.5 Å². The Kier molecular flexibility index (Phi) is 6.82. The van der Waals surface area contributed by atoms with Crippen molar-refractivity contribution in [3.63, 3.8) is 0 Å². The number of benzene rings is 1. The first-order valence-electron chi connectivity index (χ1n) is 10.2. The number of methoxy groups -OCH3 is 2. The molecule has 1 amide bonds. The quantitative estimate of drug-likeness (QED) is 0.417. The second kappa shape index (κ2) is 9.74. The lowest BCUT2D eigenvalue weighted by Crippen LogP contribution is -2.31. The van der Waals surface area contributed by atoms with Crippen LogP contribution in [0.4, 0.5) is 0 Å². The van der Waals surface area contributed by atoms with Gasteiger partial charge in [0, 0.05) is 19.1 Å². The summed E-state index contributed by atoms with van der Waals surface area (Å²) in [6.07, 6.45) is 2.27. The molecule has 1 aliphatic carbocycles. The molecule has 0 spiro atoms. The van der Waals surface area contributed by atoms with Crippen molar-refractivity contribution in [3.8, 4) is 22.2 Å². The molecule has 9 heteroatoms. The first-order valence-corrected chi connectivity index (χ1v) is 12.1. The maximum Gasteiger partial charge on any atom is 0.233 e. The van der Waals surface area contributed by atoms with Crippen LogP contribution in [0.15, 0.2) is 40.9 Å². The van der Waals surface area contributed by atoms with Gasteiger partial charge in [-0.3, -0.25) is 9.36 Å². The van der Waals surface area contributed by atoms with Gasteiger partial charge in [0.25, 0.3) is 0 Å². The smallest absolute Gasteiger partial charge is 0.233 e. The highest BCUT2D eigenvalue weighted by Crippen LogP contribution is 2.41. The summed E-state index contributed by atoms with van der Waals surface area (Å²) >= 11 is 3.13. The summed E-state index contributed by atoms with van der Waals surface area (Å²) in [5.74, 6) is 2.65. The van der Waals surface area contributed by atoms with Crippen LogP contribution in [0.1, 0.15) is 31.4 Å². The normalized spacial score (nSPS) is 13.3. The number of carbonyl (C=O) groups is 1. The minimum Gasteiger partial charge on any atom is -0.493 e. The van der Waals surface area contributed by atoms with Crippen LogP contribution in [0.2, 0.25) is 0 Å². The molecular formula is C22H26N4O3S2. The Hall–Kier alpha value is -2.52. The highest BCUT2D eigenvalue weighted by molar-refractivity contribution is 7.99. The lowest BCUT2D eigenvalue weighted by Gasteiger charge is -2.21. The summed E-state index contributed by atoms with van der Waals surface area (Å²) in [5, 5.41) is 11.7. The third-order valence-electron chi connectivity index (χ3n) is 5.20. The van der Waals surface area contributed by atoms with Gasteiger partial charge in [0.05, 0.1) is 24.8 Å². The van der Waals surface area contributed by atoms with Gasteiger partial charge in [0.2, 0.25) is 5.91 Å². The third kappa shape index (κ3) is 4.88. The number of amides is 1. The van der Waals surface area contributed by atoms with Crippen LogP contribution in [0.25, 0.3) is 10.7 Å². The molecule has 31 heavy (non-hydrogen) atoms. The standard InChI is InChI=1S/C22H26N4O3S2/c1-4-25(13-15-7-10-17(28-2)18(12-15)29-3)20(27)14-31-22-24-23-21(19-6-5-11-30-19)26(22)16-8-9-16/h5-7,10-12,16H,4,8-9,13-14H2,1-3H3. The van der Waals surface area contributed by atoms with Crippen molar-refractivity contribution < 1.29 is 14.3 Å². The minimum absolute atomic E-state index is 0.0744. The van der Waals surface area contributed by atoms with Crippen molar-refractivity contribution in [2.75, 3.05) is 26.5 Å². The van der Waals surface area contributed by atoms with Crippen LogP contribution in [0, 0.1) is 0 Å². The first-order chi connectivity index (χ1) is 15.1. The maximum absolute atomic E-state index is 13.0. The monoisotopic (exact) mass is 458 g/mol. The van der Waals surface area contributed by atoms with Gasteiger partial charge >= 0.3 is 0 Å². The Morgan fingerprint density at radius 3 is 2.68 bits per heavy atom. The Balaban J connectivity index is 1.43. The molecule has 0 aliphatic heterocycles. The summed E-state index contributed by atoms with van der Waals surface area (Å²) in [4.78, 5) is 15.9. The molecular weight excluding hydrogens is 432 g/mol. The molecule has 4 rings (SSSR count). The Morgan fingerprint density at radius 2 is 2.03 bits per heavy atom. The van der Waals surface area contributed by atoms with Crippen molar-refractivity contribution in [1.82, 2.24) is 19.7 Å². The fourth-order valence-electron chi connectivity index (χ4n) is 3.40. The number of rotatable bonds is 10. The van der Waals surface area contributed by atoms with Gasteiger partial charge < -0.3 is 14.4 Å². The van der Waals surface area contributed by atoms with E-state index in [0.717, 1.165) is 34.3 Å². The number of carbonyl (C=O) groups excluding carboxylic acids is 1. The number of hydrogen-bond donors (Lipinski definition) is 0. The molecule has 0 saturated heterocycles. The van der Waals surface area contributed by atoms with Crippen LogP contribution in [-0.4, -0.2) is 52.1 Å². The van der Waals surface area contributed by atoms with E-state index in [4.69, 9.17) is 9.47 Å². The molecule has 1 aliphatic rings. The van der Waals surface area contributed by atoms with E-state index in [9.17, 15) is 4.79 Å². The minimum atomic E-state index is 0.0744. The highest BCUT2D eigenvalue weighted by atomic mass is 32.2. The highest BCUT2D eigenvalue weighted by Gasteiger charge is 2.30. The number of nitrogens with zero attached hydrogens (tertiary/aromatic N) is 4. The lowest BCUT2D eigenvalue weighted by molar-refractivity contribution is -0.128. The fraction of sp³-hybridized carbons (Fsp3) is 0.409. The first kappa shape index (κ1) is 21.7. The van der Waals surface area contributed by atoms with Gasteiger partial charge in [-0.05, 0) is 48.9 Å². The predicted octanol–water partition coefficient (Wildman–Crippen LogP) is 4.50. The summed E-state index contributed by atoms with van der Waals surface area (Å²) in [6.45, 7) is 3.14. The van der Waals surface area contributed by atoms with Crippen LogP contribution >= 0.6 is 23.1 Å². The molecule has 0 atom stereocenters. The molecule has 164 valence electrons. The Morgan fingerprint density at radius 1 is 1.23 bits per heavy atom. The molecule has 3 aromatic rings. The van der Waals surface area contributed by atoms with Gasteiger partial charge in [-0.2, -0.15) is 0 Å².